The first-order valence-corrected chi connectivity index (χ1v) is 14.5. The third kappa shape index (κ3) is 8.20. The summed E-state index contributed by atoms with van der Waals surface area (Å²) >= 11 is 6.16. The van der Waals surface area contributed by atoms with Gasteiger partial charge in [0.15, 0.2) is 11.5 Å². The molecule has 2 heterocycles. The van der Waals surface area contributed by atoms with E-state index in [4.69, 9.17) is 31.5 Å². The van der Waals surface area contributed by atoms with Gasteiger partial charge in [0.05, 0.1) is 36.2 Å². The average molecular weight is 582 g/mol. The molecule has 0 saturated heterocycles. The first-order chi connectivity index (χ1) is 18.5. The molecule has 0 aliphatic carbocycles. The number of aromatic nitrogens is 4. The van der Waals surface area contributed by atoms with Gasteiger partial charge in [0, 0.05) is 6.61 Å². The molecule has 2 aromatic heterocycles. The minimum Gasteiger partial charge on any atom is -0.462 e. The molecule has 0 spiro atoms. The molecule has 0 bridgehead atoms. The van der Waals surface area contributed by atoms with E-state index in [1.165, 1.54) is 26.2 Å². The Morgan fingerprint density at radius 3 is 2.67 bits per heavy atom. The van der Waals surface area contributed by atoms with Crippen LogP contribution in [0.2, 0.25) is 5.02 Å². The summed E-state index contributed by atoms with van der Waals surface area (Å²) in [7, 11) is -3.91. The lowest BCUT2D eigenvalue weighted by Gasteiger charge is -2.31. The summed E-state index contributed by atoms with van der Waals surface area (Å²) in [5.74, 6) is -1.12. The topological polar surface area (TPSA) is 173 Å². The molecule has 2 atom stereocenters. The van der Waals surface area contributed by atoms with Crippen LogP contribution in [0.15, 0.2) is 36.9 Å². The lowest BCUT2D eigenvalue weighted by Crippen LogP contribution is -2.49. The van der Waals surface area contributed by atoms with Gasteiger partial charge in [-0.05, 0) is 39.8 Å². The third-order valence-corrected chi connectivity index (χ3v) is 7.79. The predicted octanol–water partition coefficient (Wildman–Crippen LogP) is 3.00. The van der Waals surface area contributed by atoms with Crippen LogP contribution in [0.3, 0.4) is 0 Å². The number of esters is 1. The molecule has 0 saturated carbocycles. The number of amides is 1. The molecule has 3 rings (SSSR count). The van der Waals surface area contributed by atoms with Crippen molar-refractivity contribution in [3.63, 3.8) is 0 Å². The van der Waals surface area contributed by atoms with Gasteiger partial charge < -0.3 is 24.5 Å². The van der Waals surface area contributed by atoms with E-state index in [2.05, 4.69) is 25.1 Å². The largest absolute Gasteiger partial charge is 0.462 e. The van der Waals surface area contributed by atoms with Crippen molar-refractivity contribution in [2.24, 2.45) is 0 Å². The molecule has 13 nitrogen and oxygen atoms in total. The molecule has 0 aliphatic heterocycles. The van der Waals surface area contributed by atoms with E-state index in [9.17, 15) is 14.2 Å². The van der Waals surface area contributed by atoms with Crippen LogP contribution >= 0.6 is 19.0 Å². The number of rotatable bonds is 14. The summed E-state index contributed by atoms with van der Waals surface area (Å²) in [6.07, 6.45) is 1.93. The van der Waals surface area contributed by atoms with Gasteiger partial charge in [0.1, 0.15) is 30.3 Å². The van der Waals surface area contributed by atoms with Crippen LogP contribution in [0.1, 0.15) is 38.1 Å². The molecule has 15 heteroatoms. The quantitative estimate of drug-likeness (QED) is 0.145. The molecule has 4 N–H and O–H groups in total. The standard InChI is InChI=1S/C24H33ClN7O6P/c1-5-36-10-11-37-23(34)24(3,4)31-39(35,30-22(33)17-8-6-7-9-18(17)25)15-38-16(2)12-32-14-29-19-20(26)27-13-28-21(19)32/h6-9,13-14,16H,5,10-12,15H2,1-4H3,(H2,26,27,28)(H2,30,31,33,35)/t16-,39?/m0/s1. The average Bonchev–Trinajstić information content (AvgIpc) is 3.29. The van der Waals surface area contributed by atoms with Gasteiger partial charge in [-0.15, -0.1) is 0 Å². The fourth-order valence-corrected chi connectivity index (χ4v) is 5.89. The minimum atomic E-state index is -3.91. The Morgan fingerprint density at radius 2 is 1.95 bits per heavy atom. The van der Waals surface area contributed by atoms with Crippen molar-refractivity contribution in [2.75, 3.05) is 31.9 Å². The van der Waals surface area contributed by atoms with E-state index in [1.807, 2.05) is 6.92 Å². The maximum Gasteiger partial charge on any atom is 0.326 e. The Kier molecular flexibility index (Phi) is 10.4. The number of nitrogens with zero attached hydrogens (tertiary/aromatic N) is 4. The monoisotopic (exact) mass is 581 g/mol. The van der Waals surface area contributed by atoms with Gasteiger partial charge in [-0.1, -0.05) is 23.7 Å². The van der Waals surface area contributed by atoms with Crippen molar-refractivity contribution in [2.45, 2.75) is 45.9 Å². The number of benzene rings is 1. The Morgan fingerprint density at radius 1 is 1.21 bits per heavy atom. The highest BCUT2D eigenvalue weighted by Crippen LogP contribution is 2.40. The van der Waals surface area contributed by atoms with Crippen molar-refractivity contribution in [1.29, 1.82) is 0 Å². The molecule has 3 aromatic rings. The van der Waals surface area contributed by atoms with Crippen LogP contribution in [0, 0.1) is 0 Å². The van der Waals surface area contributed by atoms with Gasteiger partial charge in [0.2, 0.25) is 0 Å². The first-order valence-electron chi connectivity index (χ1n) is 12.2. The van der Waals surface area contributed by atoms with Crippen LogP contribution in [0.4, 0.5) is 5.82 Å². The van der Waals surface area contributed by atoms with Crippen LogP contribution in [0.5, 0.6) is 0 Å². The smallest absolute Gasteiger partial charge is 0.326 e. The first kappa shape index (κ1) is 30.5. The summed E-state index contributed by atoms with van der Waals surface area (Å²) in [5.41, 5.74) is 5.49. The zero-order valence-corrected chi connectivity index (χ0v) is 23.9. The minimum absolute atomic E-state index is 0.0224. The van der Waals surface area contributed by atoms with Crippen LogP contribution in [-0.4, -0.2) is 69.2 Å². The van der Waals surface area contributed by atoms with E-state index in [0.717, 1.165) is 0 Å². The fraction of sp³-hybridized carbons (Fsp3) is 0.458. The molecular weight excluding hydrogens is 549 g/mol. The number of ether oxygens (including phenoxy) is 3. The van der Waals surface area contributed by atoms with E-state index >= 15 is 0 Å². The van der Waals surface area contributed by atoms with E-state index in [0.29, 0.717) is 17.8 Å². The van der Waals surface area contributed by atoms with Gasteiger partial charge >= 0.3 is 5.97 Å². The summed E-state index contributed by atoms with van der Waals surface area (Å²) in [6, 6.07) is 6.33. The molecule has 1 aromatic carbocycles. The number of fused-ring (bicyclic) bond motifs is 1. The number of halogens is 1. The molecule has 1 amide bonds. The molecule has 39 heavy (non-hydrogen) atoms. The van der Waals surface area contributed by atoms with Crippen LogP contribution < -0.4 is 15.9 Å². The normalized spacial score (nSPS) is 14.1. The maximum atomic E-state index is 14.1. The van der Waals surface area contributed by atoms with Crippen molar-refractivity contribution >= 4 is 47.9 Å². The third-order valence-electron chi connectivity index (χ3n) is 5.46. The number of nitrogens with one attached hydrogen (secondary N) is 2. The number of hydrogen-bond acceptors (Lipinski definition) is 10. The molecule has 0 fully saturated rings. The molecule has 212 valence electrons. The highest BCUT2D eigenvalue weighted by Gasteiger charge is 2.39. The van der Waals surface area contributed by atoms with E-state index in [1.54, 1.807) is 36.0 Å². The van der Waals surface area contributed by atoms with Crippen molar-refractivity contribution in [3.8, 4) is 0 Å². The van der Waals surface area contributed by atoms with E-state index in [-0.39, 0.29) is 36.2 Å². The molecular formula is C24H33ClN7O6P. The second-order valence-corrected chi connectivity index (χ2v) is 11.8. The van der Waals surface area contributed by atoms with Gasteiger partial charge in [-0.3, -0.25) is 19.2 Å². The lowest BCUT2D eigenvalue weighted by molar-refractivity contribution is -0.151. The number of anilines is 1. The number of imidazole rings is 1. The Balaban J connectivity index is 1.75. The second-order valence-electron chi connectivity index (χ2n) is 9.16. The lowest BCUT2D eigenvalue weighted by atomic mass is 10.1. The van der Waals surface area contributed by atoms with Gasteiger partial charge in [-0.25, -0.2) is 20.0 Å². The number of nitrogen functional groups attached to an aromatic ring is 1. The van der Waals surface area contributed by atoms with Crippen LogP contribution in [0.25, 0.3) is 11.2 Å². The Labute approximate surface area is 231 Å². The summed E-state index contributed by atoms with van der Waals surface area (Å²) in [5, 5.41) is 5.44. The maximum absolute atomic E-state index is 14.1. The number of carbonyl (C=O) groups excluding carboxylic acids is 2. The van der Waals surface area contributed by atoms with Crippen molar-refractivity contribution in [1.82, 2.24) is 29.7 Å². The van der Waals surface area contributed by atoms with Gasteiger partial charge in [0.25, 0.3) is 13.4 Å². The molecule has 0 radical (unpaired) electrons. The van der Waals surface area contributed by atoms with Crippen LogP contribution in [-0.2, 0) is 30.1 Å². The zero-order valence-electron chi connectivity index (χ0n) is 22.2. The fourth-order valence-electron chi connectivity index (χ4n) is 3.57. The summed E-state index contributed by atoms with van der Waals surface area (Å²) < 4.78 is 32.1. The Bertz CT molecular complexity index is 1350. The Hall–Kier alpha value is -3.09. The number of nitrogens with two attached hydrogens (primary N) is 1. The summed E-state index contributed by atoms with van der Waals surface area (Å²) in [4.78, 5) is 38.1. The number of carbonyl (C=O) groups is 2. The summed E-state index contributed by atoms with van der Waals surface area (Å²) in [6.45, 7) is 7.58. The van der Waals surface area contributed by atoms with Crippen molar-refractivity contribution < 1.29 is 28.4 Å². The molecule has 1 unspecified atom stereocenters. The second kappa shape index (κ2) is 13.3. The zero-order chi connectivity index (χ0) is 28.6. The molecule has 0 aliphatic rings. The highest BCUT2D eigenvalue weighted by molar-refractivity contribution is 7.60. The predicted molar refractivity (Wildman–Crippen MR) is 146 cm³/mol. The van der Waals surface area contributed by atoms with E-state index < -0.39 is 37.3 Å². The SMILES string of the molecule is CCOCCOC(=O)C(C)(C)NP(=O)(CO[C@@H](C)Cn1cnc2c(N)ncnc21)NC(=O)c1ccccc1Cl. The van der Waals surface area contributed by atoms with Gasteiger partial charge in [-0.2, -0.15) is 0 Å². The van der Waals surface area contributed by atoms with Crippen molar-refractivity contribution in [3.05, 3.63) is 47.5 Å². The number of hydrogen-bond donors (Lipinski definition) is 3. The highest BCUT2D eigenvalue weighted by atomic mass is 35.5.